The van der Waals surface area contributed by atoms with E-state index in [9.17, 15) is 14.3 Å². The molecule has 0 saturated heterocycles. The molecule has 0 atom stereocenters. The summed E-state index contributed by atoms with van der Waals surface area (Å²) in [4.78, 5) is 26.8. The van der Waals surface area contributed by atoms with Crippen LogP contribution in [-0.4, -0.2) is 35.6 Å². The molecule has 0 aliphatic carbocycles. The molecule has 0 amide bonds. The highest BCUT2D eigenvalue weighted by Crippen LogP contribution is 2.32. The summed E-state index contributed by atoms with van der Waals surface area (Å²) in [5, 5.41) is 16.7. The van der Waals surface area contributed by atoms with Gasteiger partial charge < -0.3 is 5.11 Å². The summed E-state index contributed by atoms with van der Waals surface area (Å²) in [7, 11) is 0. The van der Waals surface area contributed by atoms with E-state index in [1.807, 2.05) is 62.4 Å². The minimum Gasteiger partial charge on any atom is -0.504 e. The number of hydrogen-bond donors (Lipinski definition) is 1. The molecule has 1 aliphatic heterocycles. The molecule has 5 aromatic rings. The summed E-state index contributed by atoms with van der Waals surface area (Å²) in [5.41, 5.74) is 4.62. The minimum atomic E-state index is -0.826. The van der Waals surface area contributed by atoms with E-state index in [1.165, 1.54) is 12.4 Å². The lowest BCUT2D eigenvalue weighted by Crippen LogP contribution is -2.25. The summed E-state index contributed by atoms with van der Waals surface area (Å²) in [6, 6.07) is 15.5. The Hall–Kier alpha value is -4.92. The quantitative estimate of drug-likeness (QED) is 0.341. The van der Waals surface area contributed by atoms with Crippen LogP contribution in [-0.2, 0) is 6.54 Å². The van der Waals surface area contributed by atoms with Gasteiger partial charge in [0.25, 0.3) is 5.56 Å². The zero-order chi connectivity index (χ0) is 26.6. The van der Waals surface area contributed by atoms with Gasteiger partial charge in [-0.05, 0) is 61.1 Å². The van der Waals surface area contributed by atoms with Gasteiger partial charge in [-0.3, -0.25) is 9.36 Å². The van der Waals surface area contributed by atoms with Gasteiger partial charge in [0.2, 0.25) is 0 Å². The van der Waals surface area contributed by atoms with Gasteiger partial charge in [-0.15, -0.1) is 0 Å². The number of rotatable bonds is 3. The molecule has 0 radical (unpaired) electrons. The standard InChI is InChI=1S/C29H23FN6O2/c1-16-7-4-5-10-22(16)36-20(12-19-9-6-8-17(2)24(19)29(36)38)14-35-28-25-26(34-35)18(3)11-21(30)23(37)13-31-27(25)32-15-33-28/h4-13,15,37H,14H2,1-3H3/b18-11+,23-21-,31-13-. The van der Waals surface area contributed by atoms with Crippen LogP contribution in [0.3, 0.4) is 0 Å². The predicted molar refractivity (Wildman–Crippen MR) is 146 cm³/mol. The zero-order valence-corrected chi connectivity index (χ0v) is 21.0. The lowest BCUT2D eigenvalue weighted by atomic mass is 10.1. The van der Waals surface area contributed by atoms with Crippen LogP contribution in [0.15, 0.2) is 82.3 Å². The van der Waals surface area contributed by atoms with Crippen molar-refractivity contribution >= 4 is 39.4 Å². The third-order valence-electron chi connectivity index (χ3n) is 6.78. The van der Waals surface area contributed by atoms with E-state index in [4.69, 9.17) is 5.10 Å². The maximum Gasteiger partial charge on any atom is 0.263 e. The molecule has 188 valence electrons. The molecule has 0 bridgehead atoms. The van der Waals surface area contributed by atoms with Crippen molar-refractivity contribution in [3.8, 4) is 5.69 Å². The first-order valence-corrected chi connectivity index (χ1v) is 12.1. The van der Waals surface area contributed by atoms with Gasteiger partial charge in [0, 0.05) is 5.69 Å². The predicted octanol–water partition coefficient (Wildman–Crippen LogP) is 5.65. The largest absolute Gasteiger partial charge is 0.504 e. The maximum absolute atomic E-state index is 14.5. The Balaban J connectivity index is 1.63. The Labute approximate surface area is 216 Å². The number of aliphatic hydroxyl groups excluding tert-OH is 1. The van der Waals surface area contributed by atoms with Gasteiger partial charge in [-0.2, -0.15) is 5.10 Å². The number of hydrogen-bond acceptors (Lipinski definition) is 6. The number of halogens is 1. The van der Waals surface area contributed by atoms with Crippen LogP contribution in [0.5, 0.6) is 0 Å². The first kappa shape index (κ1) is 23.5. The average molecular weight is 507 g/mol. The van der Waals surface area contributed by atoms with Gasteiger partial charge in [-0.1, -0.05) is 36.4 Å². The van der Waals surface area contributed by atoms with E-state index in [-0.39, 0.29) is 17.9 Å². The summed E-state index contributed by atoms with van der Waals surface area (Å²) in [6.45, 7) is 5.81. The molecule has 0 saturated carbocycles. The van der Waals surface area contributed by atoms with Crippen LogP contribution < -0.4 is 5.56 Å². The number of allylic oxidation sites excluding steroid dienone is 4. The summed E-state index contributed by atoms with van der Waals surface area (Å²) >= 11 is 0. The van der Waals surface area contributed by atoms with Crippen molar-refractivity contribution in [2.45, 2.75) is 27.3 Å². The van der Waals surface area contributed by atoms with Crippen molar-refractivity contribution in [2.24, 2.45) is 4.99 Å². The van der Waals surface area contributed by atoms with Crippen LogP contribution in [0, 0.1) is 13.8 Å². The molecule has 0 fully saturated rings. The lowest BCUT2D eigenvalue weighted by Gasteiger charge is -2.17. The van der Waals surface area contributed by atoms with Crippen LogP contribution in [0.1, 0.15) is 29.4 Å². The number of aromatic nitrogens is 5. The van der Waals surface area contributed by atoms with Crippen molar-refractivity contribution in [1.82, 2.24) is 24.3 Å². The number of benzene rings is 2. The number of fused-ring (bicyclic) bond motifs is 1. The molecule has 3 aromatic heterocycles. The summed E-state index contributed by atoms with van der Waals surface area (Å²) < 4.78 is 17.9. The Kier molecular flexibility index (Phi) is 5.48. The van der Waals surface area contributed by atoms with Crippen LogP contribution >= 0.6 is 0 Å². The molecule has 0 unspecified atom stereocenters. The SMILES string of the molecule is C\C1=C/C(F)=C(O)\C=N/c2ncnc3c2c1nn3Cc1cc2cccc(C)c2c(=O)n1-c1ccccc1C. The molecule has 1 N–H and O–H groups in total. The van der Waals surface area contributed by atoms with Gasteiger partial charge in [0.05, 0.1) is 29.2 Å². The number of aliphatic hydroxyl groups is 1. The molecule has 38 heavy (non-hydrogen) atoms. The molecule has 2 aromatic carbocycles. The third kappa shape index (κ3) is 3.71. The zero-order valence-electron chi connectivity index (χ0n) is 21.0. The highest BCUT2D eigenvalue weighted by Gasteiger charge is 2.22. The summed E-state index contributed by atoms with van der Waals surface area (Å²) in [5.74, 6) is -1.16. The van der Waals surface area contributed by atoms with Crippen LogP contribution in [0.4, 0.5) is 10.2 Å². The van der Waals surface area contributed by atoms with E-state index in [0.717, 1.165) is 28.4 Å². The van der Waals surface area contributed by atoms with Crippen molar-refractivity contribution in [1.29, 1.82) is 0 Å². The second kappa shape index (κ2) is 8.88. The molecular weight excluding hydrogens is 483 g/mol. The fourth-order valence-electron chi connectivity index (χ4n) is 4.93. The maximum atomic E-state index is 14.5. The molecule has 4 heterocycles. The Morgan fingerprint density at radius 3 is 2.58 bits per heavy atom. The van der Waals surface area contributed by atoms with E-state index < -0.39 is 11.6 Å². The average Bonchev–Trinajstić information content (AvgIpc) is 3.28. The highest BCUT2D eigenvalue weighted by molar-refractivity contribution is 5.98. The van der Waals surface area contributed by atoms with Gasteiger partial charge in [0.1, 0.15) is 12.0 Å². The van der Waals surface area contributed by atoms with Crippen molar-refractivity contribution in [3.63, 3.8) is 0 Å². The normalized spacial score (nSPS) is 17.6. The molecule has 0 spiro atoms. The van der Waals surface area contributed by atoms with E-state index in [1.54, 1.807) is 16.2 Å². The lowest BCUT2D eigenvalue weighted by molar-refractivity contribution is 0.420. The van der Waals surface area contributed by atoms with Crippen molar-refractivity contribution in [2.75, 3.05) is 0 Å². The second-order valence-electron chi connectivity index (χ2n) is 9.32. The minimum absolute atomic E-state index is 0.116. The Morgan fingerprint density at radius 2 is 1.76 bits per heavy atom. The topological polar surface area (TPSA) is 98.2 Å². The molecule has 8 nitrogen and oxygen atoms in total. The van der Waals surface area contributed by atoms with Gasteiger partial charge in [0.15, 0.2) is 23.1 Å². The third-order valence-corrected chi connectivity index (χ3v) is 6.78. The first-order chi connectivity index (χ1) is 18.3. The number of nitrogens with zero attached hydrogens (tertiary/aromatic N) is 6. The molecule has 9 heteroatoms. The molecule has 1 aliphatic rings. The van der Waals surface area contributed by atoms with Gasteiger partial charge >= 0.3 is 0 Å². The molecule has 6 rings (SSSR count). The Morgan fingerprint density at radius 1 is 0.974 bits per heavy atom. The summed E-state index contributed by atoms with van der Waals surface area (Å²) in [6.07, 6.45) is 3.58. The van der Waals surface area contributed by atoms with E-state index in [0.29, 0.717) is 33.4 Å². The fraction of sp³-hybridized carbons (Fsp3) is 0.138. The number of aliphatic imine (C=N–C) groups is 1. The Bertz CT molecular complexity index is 1930. The van der Waals surface area contributed by atoms with Gasteiger partial charge in [-0.25, -0.2) is 24.0 Å². The number of para-hydroxylation sites is 1. The second-order valence-corrected chi connectivity index (χ2v) is 9.32. The van der Waals surface area contributed by atoms with Crippen molar-refractivity contribution < 1.29 is 9.50 Å². The van der Waals surface area contributed by atoms with E-state index >= 15 is 0 Å². The smallest absolute Gasteiger partial charge is 0.263 e. The fourth-order valence-corrected chi connectivity index (χ4v) is 4.93. The van der Waals surface area contributed by atoms with Crippen LogP contribution in [0.25, 0.3) is 33.1 Å². The number of aryl methyl sites for hydroxylation is 2. The molecular formula is C29H23FN6O2. The van der Waals surface area contributed by atoms with E-state index in [2.05, 4.69) is 15.0 Å². The van der Waals surface area contributed by atoms with Crippen LogP contribution in [0.2, 0.25) is 0 Å². The highest BCUT2D eigenvalue weighted by atomic mass is 19.1. The number of pyridine rings is 1. The first-order valence-electron chi connectivity index (χ1n) is 12.1. The van der Waals surface area contributed by atoms with Crippen molar-refractivity contribution in [3.05, 3.63) is 105 Å². The monoisotopic (exact) mass is 506 g/mol.